The van der Waals surface area contributed by atoms with Crippen molar-refractivity contribution in [2.45, 2.75) is 69.0 Å². The van der Waals surface area contributed by atoms with Crippen molar-refractivity contribution in [2.75, 3.05) is 32.6 Å². The number of carbonyl (C=O) groups excluding carboxylic acids is 2. The standard InChI is InChI=1S/C26H35N3O6S2/c1-25(2)14-19-20(24(31)34-6)23(36-21(19)26(3,4)28-25)27-22(30)16-9-11-18(12-10-16)37(32,33)29(5)15-17-8-7-13-35-17/h9-12,17,28H,7-8,13-15H2,1-6H3,(H,27,30)/t17-/m0/s1. The van der Waals surface area contributed by atoms with Gasteiger partial charge in [0.1, 0.15) is 5.00 Å². The van der Waals surface area contributed by atoms with E-state index in [4.69, 9.17) is 9.47 Å². The van der Waals surface area contributed by atoms with E-state index in [9.17, 15) is 18.0 Å². The molecule has 0 bridgehead atoms. The van der Waals surface area contributed by atoms with E-state index in [-0.39, 0.29) is 28.6 Å². The summed E-state index contributed by atoms with van der Waals surface area (Å²) in [5.74, 6) is -0.942. The van der Waals surface area contributed by atoms with Gasteiger partial charge < -0.3 is 20.1 Å². The van der Waals surface area contributed by atoms with Crippen molar-refractivity contribution in [1.82, 2.24) is 9.62 Å². The number of hydrogen-bond acceptors (Lipinski definition) is 8. The molecule has 0 radical (unpaired) electrons. The molecule has 1 aromatic carbocycles. The van der Waals surface area contributed by atoms with E-state index in [0.29, 0.717) is 23.6 Å². The summed E-state index contributed by atoms with van der Waals surface area (Å²) in [6.07, 6.45) is 2.27. The first-order valence-electron chi connectivity index (χ1n) is 12.3. The average Bonchev–Trinajstić information content (AvgIpc) is 3.45. The van der Waals surface area contributed by atoms with Gasteiger partial charge in [0.25, 0.3) is 5.91 Å². The van der Waals surface area contributed by atoms with E-state index in [1.807, 2.05) is 13.8 Å². The van der Waals surface area contributed by atoms with Crippen molar-refractivity contribution in [2.24, 2.45) is 0 Å². The number of amides is 1. The van der Waals surface area contributed by atoms with E-state index >= 15 is 0 Å². The molecule has 1 saturated heterocycles. The third-order valence-corrected chi connectivity index (χ3v) is 10.1. The summed E-state index contributed by atoms with van der Waals surface area (Å²) < 4.78 is 37.9. The lowest BCUT2D eigenvalue weighted by Crippen LogP contribution is -2.55. The molecule has 0 unspecified atom stereocenters. The molecule has 2 aliphatic rings. The Kier molecular flexibility index (Phi) is 7.57. The molecule has 1 amide bonds. The summed E-state index contributed by atoms with van der Waals surface area (Å²) in [4.78, 5) is 27.0. The van der Waals surface area contributed by atoms with Crippen LogP contribution in [0.15, 0.2) is 29.2 Å². The Hall–Kier alpha value is -2.31. The van der Waals surface area contributed by atoms with Crippen LogP contribution in [-0.2, 0) is 31.5 Å². The van der Waals surface area contributed by atoms with Crippen molar-refractivity contribution in [1.29, 1.82) is 0 Å². The lowest BCUT2D eigenvalue weighted by Gasteiger charge is -2.42. The highest BCUT2D eigenvalue weighted by atomic mass is 32.2. The van der Waals surface area contributed by atoms with Crippen molar-refractivity contribution >= 4 is 38.2 Å². The summed E-state index contributed by atoms with van der Waals surface area (Å²) in [6, 6.07) is 5.79. The highest BCUT2D eigenvalue weighted by Gasteiger charge is 2.42. The van der Waals surface area contributed by atoms with Crippen LogP contribution in [0.3, 0.4) is 0 Å². The van der Waals surface area contributed by atoms with E-state index in [0.717, 1.165) is 23.3 Å². The van der Waals surface area contributed by atoms with Gasteiger partial charge in [-0.1, -0.05) is 0 Å². The zero-order chi connectivity index (χ0) is 27.2. The highest BCUT2D eigenvalue weighted by molar-refractivity contribution is 7.89. The lowest BCUT2D eigenvalue weighted by atomic mass is 9.81. The average molecular weight is 550 g/mol. The number of sulfonamides is 1. The van der Waals surface area contributed by atoms with Crippen LogP contribution in [0.5, 0.6) is 0 Å². The zero-order valence-corrected chi connectivity index (χ0v) is 23.8. The fourth-order valence-electron chi connectivity index (χ4n) is 5.24. The predicted molar refractivity (Wildman–Crippen MR) is 143 cm³/mol. The van der Waals surface area contributed by atoms with Gasteiger partial charge in [0.15, 0.2) is 0 Å². The Bertz CT molecular complexity index is 1290. The molecule has 2 aliphatic heterocycles. The molecule has 0 spiro atoms. The number of thiophene rings is 1. The summed E-state index contributed by atoms with van der Waals surface area (Å²) in [5, 5.41) is 6.89. The minimum absolute atomic E-state index is 0.0986. The topological polar surface area (TPSA) is 114 Å². The number of benzene rings is 1. The second-order valence-electron chi connectivity index (χ2n) is 10.8. The highest BCUT2D eigenvalue weighted by Crippen LogP contribution is 2.45. The van der Waals surface area contributed by atoms with E-state index in [2.05, 4.69) is 24.5 Å². The quantitative estimate of drug-likeness (QED) is 0.506. The van der Waals surface area contributed by atoms with Crippen LogP contribution in [0, 0.1) is 0 Å². The fourth-order valence-corrected chi connectivity index (χ4v) is 7.70. The minimum Gasteiger partial charge on any atom is -0.465 e. The maximum atomic E-state index is 13.2. The van der Waals surface area contributed by atoms with E-state index < -0.39 is 27.4 Å². The SMILES string of the molecule is COC(=O)c1c(NC(=O)c2ccc(S(=O)(=O)N(C)C[C@@H]3CCCO3)cc2)sc2c1CC(C)(C)NC2(C)C. The number of methoxy groups -OCH3 is 1. The van der Waals surface area contributed by atoms with Gasteiger partial charge >= 0.3 is 5.97 Å². The van der Waals surface area contributed by atoms with Crippen LogP contribution < -0.4 is 10.6 Å². The summed E-state index contributed by atoms with van der Waals surface area (Å²) in [7, 11) is -0.866. The molecule has 4 rings (SSSR count). The van der Waals surface area contributed by atoms with Gasteiger partial charge in [-0.3, -0.25) is 4.79 Å². The number of nitrogens with zero attached hydrogens (tertiary/aromatic N) is 1. The van der Waals surface area contributed by atoms with Gasteiger partial charge in [0.2, 0.25) is 10.0 Å². The zero-order valence-electron chi connectivity index (χ0n) is 22.1. The van der Waals surface area contributed by atoms with Gasteiger partial charge in [0.05, 0.1) is 23.7 Å². The number of likely N-dealkylation sites (N-methyl/N-ethyl adjacent to an activating group) is 1. The van der Waals surface area contributed by atoms with Crippen LogP contribution in [0.1, 0.15) is 71.7 Å². The molecule has 11 heteroatoms. The first-order valence-corrected chi connectivity index (χ1v) is 14.5. The van der Waals surface area contributed by atoms with Crippen LogP contribution in [0.4, 0.5) is 5.00 Å². The van der Waals surface area contributed by atoms with Crippen molar-refractivity contribution in [3.63, 3.8) is 0 Å². The smallest absolute Gasteiger partial charge is 0.341 e. The Morgan fingerprint density at radius 3 is 2.49 bits per heavy atom. The molecule has 9 nitrogen and oxygen atoms in total. The molecule has 2 N–H and O–H groups in total. The number of rotatable bonds is 7. The van der Waals surface area contributed by atoms with Crippen LogP contribution >= 0.6 is 11.3 Å². The number of esters is 1. The monoisotopic (exact) mass is 549 g/mol. The summed E-state index contributed by atoms with van der Waals surface area (Å²) in [5.41, 5.74) is 0.865. The molecular weight excluding hydrogens is 514 g/mol. The normalized spacial score (nSPS) is 20.5. The van der Waals surface area contributed by atoms with Gasteiger partial charge in [0, 0.05) is 41.7 Å². The van der Waals surface area contributed by atoms with E-state index in [1.54, 1.807) is 0 Å². The van der Waals surface area contributed by atoms with Crippen molar-refractivity contribution < 1.29 is 27.5 Å². The van der Waals surface area contributed by atoms with Crippen LogP contribution in [0.2, 0.25) is 0 Å². The maximum Gasteiger partial charge on any atom is 0.341 e. The summed E-state index contributed by atoms with van der Waals surface area (Å²) >= 11 is 1.35. The number of hydrogen-bond donors (Lipinski definition) is 2. The van der Waals surface area contributed by atoms with Gasteiger partial charge in [-0.2, -0.15) is 4.31 Å². The first kappa shape index (κ1) is 27.7. The molecule has 3 heterocycles. The fraction of sp³-hybridized carbons (Fsp3) is 0.538. The Labute approximate surface area is 222 Å². The number of carbonyl (C=O) groups is 2. The third-order valence-electron chi connectivity index (χ3n) is 6.77. The van der Waals surface area contributed by atoms with Crippen LogP contribution in [0.25, 0.3) is 0 Å². The molecule has 37 heavy (non-hydrogen) atoms. The Morgan fingerprint density at radius 1 is 1.22 bits per heavy atom. The van der Waals surface area contributed by atoms with Crippen LogP contribution in [-0.4, -0.2) is 63.6 Å². The number of fused-ring (bicyclic) bond motifs is 1. The van der Waals surface area contributed by atoms with Crippen molar-refractivity contribution in [3.8, 4) is 0 Å². The molecule has 1 atom stereocenters. The molecule has 0 aliphatic carbocycles. The van der Waals surface area contributed by atoms with E-state index in [1.165, 1.54) is 54.1 Å². The van der Waals surface area contributed by atoms with Gasteiger partial charge in [-0.15, -0.1) is 11.3 Å². The molecule has 1 fully saturated rings. The lowest BCUT2D eigenvalue weighted by molar-refractivity contribution is 0.0600. The molecular formula is C26H35N3O6S2. The molecule has 202 valence electrons. The van der Waals surface area contributed by atoms with Gasteiger partial charge in [-0.25, -0.2) is 13.2 Å². The second kappa shape index (κ2) is 10.1. The first-order chi connectivity index (χ1) is 17.2. The second-order valence-corrected chi connectivity index (χ2v) is 13.9. The molecule has 2 aromatic rings. The molecule has 0 saturated carbocycles. The maximum absolute atomic E-state index is 13.2. The Morgan fingerprint density at radius 2 is 1.89 bits per heavy atom. The number of nitrogens with one attached hydrogen (secondary N) is 2. The molecule has 1 aromatic heterocycles. The largest absolute Gasteiger partial charge is 0.465 e. The predicted octanol–water partition coefficient (Wildman–Crippen LogP) is 3.75. The minimum atomic E-state index is -3.72. The number of anilines is 1. The van der Waals surface area contributed by atoms with Gasteiger partial charge in [-0.05, 0) is 76.8 Å². The number of ether oxygens (including phenoxy) is 2. The third kappa shape index (κ3) is 5.61. The Balaban J connectivity index is 1.57. The van der Waals surface area contributed by atoms with Crippen molar-refractivity contribution in [3.05, 3.63) is 45.8 Å². The summed E-state index contributed by atoms with van der Waals surface area (Å²) in [6.45, 7) is 9.17.